The summed E-state index contributed by atoms with van der Waals surface area (Å²) in [6.45, 7) is -0.278. The second-order valence-electron chi connectivity index (χ2n) is 6.71. The van der Waals surface area contributed by atoms with Gasteiger partial charge in [-0.25, -0.2) is 9.48 Å². The van der Waals surface area contributed by atoms with Crippen LogP contribution in [0.15, 0.2) is 16.4 Å². The number of rotatable bonds is 10. The van der Waals surface area contributed by atoms with E-state index in [0.29, 0.717) is 16.5 Å². The second-order valence-corrected chi connectivity index (χ2v) is 9.70. The summed E-state index contributed by atoms with van der Waals surface area (Å²) in [5, 5.41) is 39.4. The zero-order valence-electron chi connectivity index (χ0n) is 18.5. The predicted molar refractivity (Wildman–Crippen MR) is 125 cm³/mol. The van der Waals surface area contributed by atoms with Crippen LogP contribution in [0.5, 0.6) is 0 Å². The maximum absolute atomic E-state index is 12.9. The Morgan fingerprint density at radius 2 is 2.11 bits per heavy atom. The number of hydrogen-bond donors (Lipinski definition) is 4. The van der Waals surface area contributed by atoms with Crippen molar-refractivity contribution in [1.29, 1.82) is 5.26 Å². The lowest BCUT2D eigenvalue weighted by Gasteiger charge is -2.55. The van der Waals surface area contributed by atoms with Gasteiger partial charge in [-0.05, 0) is 16.0 Å². The molecule has 0 saturated carbocycles. The Morgan fingerprint density at radius 1 is 1.43 bits per heavy atom. The van der Waals surface area contributed by atoms with Gasteiger partial charge < -0.3 is 26.0 Å². The van der Waals surface area contributed by atoms with Crippen LogP contribution >= 0.6 is 35.3 Å². The normalized spacial score (nSPS) is 20.7. The maximum Gasteiger partial charge on any atom is 0.352 e. The molecule has 3 rings (SSSR count). The standard InChI is InChI=1S/C15H17N7O5S3.C2H5NO2/c1-21-14(18-19-20-21)30-6-8-5-29-13-15(27-2,17-9(23)7-28-4-3-16)12(26)22(13)10(8)11(24)25;3-1-2(4)5/h13H,4-7H2,1-2H3,(H,17,23)(H,24,25);1,3H2,(H,4,5)/t13-,15+;/m1./s1. The number of tetrazole rings is 1. The highest BCUT2D eigenvalue weighted by atomic mass is 32.2. The lowest BCUT2D eigenvalue weighted by molar-refractivity contribution is -0.192. The topological polar surface area (TPSA) is 227 Å². The minimum absolute atomic E-state index is 0.0153. The van der Waals surface area contributed by atoms with Crippen LogP contribution in [0.2, 0.25) is 0 Å². The fourth-order valence-corrected chi connectivity index (χ4v) is 5.86. The van der Waals surface area contributed by atoms with E-state index >= 15 is 0 Å². The van der Waals surface area contributed by atoms with Crippen molar-refractivity contribution >= 4 is 59.0 Å². The zero-order valence-corrected chi connectivity index (χ0v) is 21.0. The van der Waals surface area contributed by atoms with Crippen LogP contribution in [-0.2, 0) is 31.0 Å². The van der Waals surface area contributed by atoms with Crippen molar-refractivity contribution in [2.24, 2.45) is 12.8 Å². The lowest BCUT2D eigenvalue weighted by atomic mass is 9.98. The van der Waals surface area contributed by atoms with Crippen LogP contribution in [-0.4, -0.2) is 107 Å². The molecule has 3 heterocycles. The molecule has 0 aliphatic carbocycles. The summed E-state index contributed by atoms with van der Waals surface area (Å²) in [6.07, 6.45) is 0. The smallest absolute Gasteiger partial charge is 0.352 e. The number of carbonyl (C=O) groups is 4. The number of thioether (sulfide) groups is 3. The van der Waals surface area contributed by atoms with Crippen LogP contribution < -0.4 is 11.1 Å². The summed E-state index contributed by atoms with van der Waals surface area (Å²) in [5.41, 5.74) is 3.36. The molecule has 2 aliphatic heterocycles. The van der Waals surface area contributed by atoms with Crippen LogP contribution in [0.25, 0.3) is 0 Å². The van der Waals surface area contributed by atoms with Gasteiger partial charge in [0.15, 0.2) is 0 Å². The predicted octanol–water partition coefficient (Wildman–Crippen LogP) is -1.70. The summed E-state index contributed by atoms with van der Waals surface area (Å²) >= 11 is 3.67. The fourth-order valence-electron chi connectivity index (χ4n) is 2.98. The highest BCUT2D eigenvalue weighted by molar-refractivity contribution is 8.01. The Balaban J connectivity index is 0.000000784. The number of fused-ring (bicyclic) bond motifs is 1. The number of β-lactam (4-membered cyclic amide) rings is 1. The second kappa shape index (κ2) is 12.7. The van der Waals surface area contributed by atoms with Gasteiger partial charge in [0, 0.05) is 25.7 Å². The Morgan fingerprint density at radius 3 is 2.63 bits per heavy atom. The van der Waals surface area contributed by atoms with E-state index in [0.717, 1.165) is 16.7 Å². The van der Waals surface area contributed by atoms with Crippen molar-refractivity contribution in [2.45, 2.75) is 16.3 Å². The molecule has 0 radical (unpaired) electrons. The highest BCUT2D eigenvalue weighted by Gasteiger charge is 2.66. The van der Waals surface area contributed by atoms with E-state index in [1.807, 2.05) is 6.07 Å². The number of nitriles is 1. The molecular formula is C17H22N8O7S3. The molecule has 2 atom stereocenters. The molecule has 15 nitrogen and oxygen atoms in total. The zero-order chi connectivity index (χ0) is 26.2. The van der Waals surface area contributed by atoms with E-state index in [2.05, 4.69) is 26.6 Å². The summed E-state index contributed by atoms with van der Waals surface area (Å²) in [5.74, 6) is -2.58. The summed E-state index contributed by atoms with van der Waals surface area (Å²) in [7, 11) is 2.96. The van der Waals surface area contributed by atoms with Crippen LogP contribution in [0, 0.1) is 11.3 Å². The van der Waals surface area contributed by atoms with Gasteiger partial charge in [0.2, 0.25) is 11.1 Å². The van der Waals surface area contributed by atoms with E-state index in [4.69, 9.17) is 15.1 Å². The Bertz CT molecular complexity index is 1060. The molecular weight excluding hydrogens is 524 g/mol. The first kappa shape index (κ1) is 28.4. The molecule has 0 unspecified atom stereocenters. The number of aliphatic carboxylic acids is 2. The van der Waals surface area contributed by atoms with Gasteiger partial charge >= 0.3 is 11.9 Å². The molecule has 2 aliphatic rings. The van der Waals surface area contributed by atoms with Crippen molar-refractivity contribution in [2.75, 3.05) is 36.7 Å². The first-order valence-corrected chi connectivity index (χ1v) is 12.8. The number of carbonyl (C=O) groups excluding carboxylic acids is 2. The molecule has 1 aromatic rings. The number of carboxylic acid groups (broad SMARTS) is 2. The maximum atomic E-state index is 12.9. The van der Waals surface area contributed by atoms with Gasteiger partial charge in [-0.2, -0.15) is 5.26 Å². The highest BCUT2D eigenvalue weighted by Crippen LogP contribution is 2.47. The summed E-state index contributed by atoms with van der Waals surface area (Å²) in [6, 6.07) is 1.92. The number of nitrogens with two attached hydrogens (primary N) is 1. The number of amides is 2. The van der Waals surface area contributed by atoms with Crippen molar-refractivity contribution < 1.29 is 34.1 Å². The van der Waals surface area contributed by atoms with Crippen molar-refractivity contribution in [3.8, 4) is 6.07 Å². The molecule has 18 heteroatoms. The molecule has 2 amide bonds. The quantitative estimate of drug-likeness (QED) is 0.111. The first-order valence-electron chi connectivity index (χ1n) is 9.61. The lowest BCUT2D eigenvalue weighted by Crippen LogP contribution is -2.80. The number of nitrogens with zero attached hydrogens (tertiary/aromatic N) is 6. The Hall–Kier alpha value is -2.85. The Labute approximate surface area is 211 Å². The van der Waals surface area contributed by atoms with E-state index in [1.165, 1.54) is 35.3 Å². The number of methoxy groups -OCH3 is 1. The third-order valence-electron chi connectivity index (χ3n) is 4.49. The average molecular weight is 547 g/mol. The van der Waals surface area contributed by atoms with E-state index in [-0.39, 0.29) is 29.5 Å². The first-order chi connectivity index (χ1) is 16.6. The van der Waals surface area contributed by atoms with Crippen LogP contribution in [0.3, 0.4) is 0 Å². The van der Waals surface area contributed by atoms with Crippen molar-refractivity contribution in [1.82, 2.24) is 30.4 Å². The fraction of sp³-hybridized carbons (Fsp3) is 0.529. The third kappa shape index (κ3) is 6.43. The number of hydrogen-bond acceptors (Lipinski definition) is 13. The van der Waals surface area contributed by atoms with Gasteiger partial charge in [-0.15, -0.1) is 28.6 Å². The number of nitrogens with one attached hydrogen (secondary N) is 1. The third-order valence-corrected chi connectivity index (χ3v) is 7.76. The van der Waals surface area contributed by atoms with Gasteiger partial charge in [0.25, 0.3) is 11.6 Å². The van der Waals surface area contributed by atoms with Crippen LogP contribution in [0.4, 0.5) is 0 Å². The summed E-state index contributed by atoms with van der Waals surface area (Å²) in [4.78, 5) is 47.5. The average Bonchev–Trinajstić information content (AvgIpc) is 3.25. The molecule has 1 aromatic heterocycles. The van der Waals surface area contributed by atoms with E-state index < -0.39 is 34.9 Å². The molecule has 0 bridgehead atoms. The summed E-state index contributed by atoms with van der Waals surface area (Å²) < 4.78 is 6.83. The number of aromatic nitrogens is 4. The monoisotopic (exact) mass is 546 g/mol. The van der Waals surface area contributed by atoms with Crippen molar-refractivity contribution in [3.63, 3.8) is 0 Å². The molecule has 5 N–H and O–H groups in total. The van der Waals surface area contributed by atoms with Gasteiger partial charge in [0.1, 0.15) is 11.1 Å². The van der Waals surface area contributed by atoms with E-state index in [1.54, 1.807) is 7.05 Å². The number of aryl methyl sites for hydroxylation is 1. The molecule has 1 saturated heterocycles. The molecule has 1 fully saturated rings. The van der Waals surface area contributed by atoms with Crippen molar-refractivity contribution in [3.05, 3.63) is 11.3 Å². The number of carboxylic acids is 2. The minimum Gasteiger partial charge on any atom is -0.480 e. The molecule has 0 spiro atoms. The molecule has 0 aromatic carbocycles. The largest absolute Gasteiger partial charge is 0.480 e. The molecule has 35 heavy (non-hydrogen) atoms. The van der Waals surface area contributed by atoms with Gasteiger partial charge in [-0.1, -0.05) is 11.8 Å². The SMILES string of the molecule is CO[C@@]1(NC(=O)CSCC#N)C(=O)N2C(C(=O)O)=C(CSc3nnnn3C)CS[C@@H]21.NCC(=O)O. The van der Waals surface area contributed by atoms with Gasteiger partial charge in [-0.3, -0.25) is 19.3 Å². The number of ether oxygens (including phenoxy) is 1. The van der Waals surface area contributed by atoms with Gasteiger partial charge in [0.05, 0.1) is 24.1 Å². The molecule has 190 valence electrons. The van der Waals surface area contributed by atoms with E-state index in [9.17, 15) is 24.3 Å². The van der Waals surface area contributed by atoms with Crippen LogP contribution in [0.1, 0.15) is 0 Å². The Kier molecular flexibility index (Phi) is 10.3. The minimum atomic E-state index is -1.64.